The predicted octanol–water partition coefficient (Wildman–Crippen LogP) is 1.59. The summed E-state index contributed by atoms with van der Waals surface area (Å²) in [5.74, 6) is 0. The first-order chi connectivity index (χ1) is 9.74. The zero-order valence-corrected chi connectivity index (χ0v) is 13.5. The highest BCUT2D eigenvalue weighted by molar-refractivity contribution is 4.85. The molecule has 0 aromatic rings. The van der Waals surface area contributed by atoms with Gasteiger partial charge in [-0.2, -0.15) is 0 Å². The number of rotatable bonds is 15. The summed E-state index contributed by atoms with van der Waals surface area (Å²) in [6.07, 6.45) is 3.74. The average molecular weight is 291 g/mol. The van der Waals surface area contributed by atoms with Gasteiger partial charge in [-0.05, 0) is 32.2 Å². The second kappa shape index (κ2) is 13.8. The van der Waals surface area contributed by atoms with Crippen LogP contribution in [0.3, 0.4) is 0 Å². The molecule has 0 aliphatic carbocycles. The van der Waals surface area contributed by atoms with E-state index in [9.17, 15) is 5.11 Å². The van der Waals surface area contributed by atoms with Gasteiger partial charge in [0.2, 0.25) is 0 Å². The summed E-state index contributed by atoms with van der Waals surface area (Å²) in [4.78, 5) is 0. The molecule has 0 aromatic heterocycles. The Kier molecular flexibility index (Phi) is 13.6. The lowest BCUT2D eigenvalue weighted by atomic mass is 9.91. The van der Waals surface area contributed by atoms with Crippen LogP contribution in [-0.2, 0) is 14.2 Å². The molecule has 0 rings (SSSR count). The maximum atomic E-state index is 9.52. The number of aliphatic hydroxyl groups excluding tert-OH is 1. The third-order valence-electron chi connectivity index (χ3n) is 3.48. The molecule has 5 nitrogen and oxygen atoms in total. The van der Waals surface area contributed by atoms with Crippen LogP contribution in [0.2, 0.25) is 0 Å². The highest BCUT2D eigenvalue weighted by atomic mass is 16.5. The van der Waals surface area contributed by atoms with E-state index < -0.39 is 0 Å². The molecule has 0 aliphatic heterocycles. The summed E-state index contributed by atoms with van der Waals surface area (Å²) in [5.41, 5.74) is -0.144. The minimum absolute atomic E-state index is 0.144. The molecule has 20 heavy (non-hydrogen) atoms. The molecule has 0 heterocycles. The van der Waals surface area contributed by atoms with E-state index in [1.165, 1.54) is 0 Å². The summed E-state index contributed by atoms with van der Waals surface area (Å²) >= 11 is 0. The minimum Gasteiger partial charge on any atom is -0.394 e. The lowest BCUT2D eigenvalue weighted by Gasteiger charge is -2.31. The van der Waals surface area contributed by atoms with E-state index in [2.05, 4.69) is 19.2 Å². The summed E-state index contributed by atoms with van der Waals surface area (Å²) in [7, 11) is 1.69. The molecule has 2 N–H and O–H groups in total. The monoisotopic (exact) mass is 291 g/mol. The van der Waals surface area contributed by atoms with Crippen LogP contribution in [-0.4, -0.2) is 63.9 Å². The third kappa shape index (κ3) is 9.66. The van der Waals surface area contributed by atoms with Crippen molar-refractivity contribution in [1.82, 2.24) is 5.32 Å². The number of hydrogen-bond acceptors (Lipinski definition) is 5. The van der Waals surface area contributed by atoms with Crippen molar-refractivity contribution >= 4 is 0 Å². The molecule has 0 radical (unpaired) electrons. The van der Waals surface area contributed by atoms with Crippen molar-refractivity contribution in [3.63, 3.8) is 0 Å². The number of ether oxygens (including phenoxy) is 3. The third-order valence-corrected chi connectivity index (χ3v) is 3.48. The van der Waals surface area contributed by atoms with Crippen molar-refractivity contribution in [2.75, 3.05) is 53.3 Å². The molecule has 0 saturated heterocycles. The van der Waals surface area contributed by atoms with Crippen LogP contribution in [0.5, 0.6) is 0 Å². The molecule has 0 aromatic carbocycles. The minimum atomic E-state index is -0.144. The van der Waals surface area contributed by atoms with Gasteiger partial charge >= 0.3 is 0 Å². The fraction of sp³-hybridized carbons (Fsp3) is 1.00. The smallest absolute Gasteiger partial charge is 0.0700 e. The Bertz CT molecular complexity index is 198. The van der Waals surface area contributed by atoms with E-state index >= 15 is 0 Å². The topological polar surface area (TPSA) is 60.0 Å². The summed E-state index contributed by atoms with van der Waals surface area (Å²) < 4.78 is 15.9. The largest absolute Gasteiger partial charge is 0.394 e. The zero-order chi connectivity index (χ0) is 15.1. The van der Waals surface area contributed by atoms with E-state index in [1.54, 1.807) is 7.11 Å². The van der Waals surface area contributed by atoms with E-state index in [-0.39, 0.29) is 12.1 Å². The Labute approximate surface area is 124 Å². The molecular weight excluding hydrogens is 258 g/mol. The van der Waals surface area contributed by atoms with Crippen LogP contribution in [0.4, 0.5) is 0 Å². The first kappa shape index (κ1) is 19.8. The fourth-order valence-electron chi connectivity index (χ4n) is 2.15. The molecule has 122 valence electrons. The first-order valence-electron chi connectivity index (χ1n) is 7.75. The number of hydrogen-bond donors (Lipinski definition) is 2. The second-order valence-electron chi connectivity index (χ2n) is 5.00. The quantitative estimate of drug-likeness (QED) is 0.449. The van der Waals surface area contributed by atoms with E-state index in [0.717, 1.165) is 45.4 Å². The highest BCUT2D eigenvalue weighted by Gasteiger charge is 2.25. The van der Waals surface area contributed by atoms with Gasteiger partial charge in [0.1, 0.15) is 0 Å². The lowest BCUT2D eigenvalue weighted by Crippen LogP contribution is -2.48. The van der Waals surface area contributed by atoms with E-state index in [0.29, 0.717) is 19.8 Å². The second-order valence-corrected chi connectivity index (χ2v) is 5.00. The van der Waals surface area contributed by atoms with Crippen molar-refractivity contribution in [3.05, 3.63) is 0 Å². The summed E-state index contributed by atoms with van der Waals surface area (Å²) in [6, 6.07) is 0. The van der Waals surface area contributed by atoms with Gasteiger partial charge in [0.05, 0.1) is 19.8 Å². The van der Waals surface area contributed by atoms with Crippen molar-refractivity contribution in [3.8, 4) is 0 Å². The highest BCUT2D eigenvalue weighted by Crippen LogP contribution is 2.16. The number of methoxy groups -OCH3 is 1. The Morgan fingerprint density at radius 3 is 2.10 bits per heavy atom. The van der Waals surface area contributed by atoms with Gasteiger partial charge in [0, 0.05) is 32.5 Å². The Morgan fingerprint density at radius 1 is 0.950 bits per heavy atom. The van der Waals surface area contributed by atoms with Crippen molar-refractivity contribution in [1.29, 1.82) is 0 Å². The van der Waals surface area contributed by atoms with Crippen molar-refractivity contribution in [2.24, 2.45) is 0 Å². The van der Waals surface area contributed by atoms with E-state index in [4.69, 9.17) is 14.2 Å². The number of likely N-dealkylation sites (N-methyl/N-ethyl adjacent to an activating group) is 1. The summed E-state index contributed by atoms with van der Waals surface area (Å²) in [6.45, 7) is 8.68. The van der Waals surface area contributed by atoms with Crippen LogP contribution in [0.1, 0.15) is 39.5 Å². The van der Waals surface area contributed by atoms with E-state index in [1.807, 2.05) is 0 Å². The van der Waals surface area contributed by atoms with Gasteiger partial charge in [0.25, 0.3) is 0 Å². The Morgan fingerprint density at radius 2 is 1.60 bits per heavy atom. The van der Waals surface area contributed by atoms with Gasteiger partial charge < -0.3 is 24.6 Å². The zero-order valence-electron chi connectivity index (χ0n) is 13.5. The average Bonchev–Trinajstić information content (AvgIpc) is 2.48. The first-order valence-corrected chi connectivity index (χ1v) is 7.75. The predicted molar refractivity (Wildman–Crippen MR) is 81.1 cm³/mol. The standard InChI is InChI=1S/C15H33NO4/c1-4-15(14-17,16-5-2)8-6-10-19-12-13-20-11-7-9-18-3/h16-17H,4-14H2,1-3H3. The molecule has 5 heteroatoms. The van der Waals surface area contributed by atoms with Crippen LogP contribution in [0.15, 0.2) is 0 Å². The number of aliphatic hydroxyl groups is 1. The SMILES string of the molecule is CCNC(CC)(CO)CCCOCCOCCCOC. The van der Waals surface area contributed by atoms with Gasteiger partial charge in [-0.3, -0.25) is 0 Å². The van der Waals surface area contributed by atoms with Crippen LogP contribution in [0, 0.1) is 0 Å². The molecule has 0 fully saturated rings. The summed E-state index contributed by atoms with van der Waals surface area (Å²) in [5, 5.41) is 12.9. The maximum Gasteiger partial charge on any atom is 0.0700 e. The van der Waals surface area contributed by atoms with Gasteiger partial charge in [-0.1, -0.05) is 13.8 Å². The molecular formula is C15H33NO4. The molecule has 1 atom stereocenters. The maximum absolute atomic E-state index is 9.52. The van der Waals surface area contributed by atoms with Crippen LogP contribution < -0.4 is 5.32 Å². The molecule has 0 saturated carbocycles. The fourth-order valence-corrected chi connectivity index (χ4v) is 2.15. The van der Waals surface area contributed by atoms with Gasteiger partial charge in [-0.15, -0.1) is 0 Å². The Balaban J connectivity index is 3.45. The van der Waals surface area contributed by atoms with Crippen molar-refractivity contribution < 1.29 is 19.3 Å². The molecule has 0 amide bonds. The normalized spacial score (nSPS) is 14.4. The molecule has 1 unspecified atom stereocenters. The Hall–Kier alpha value is -0.200. The van der Waals surface area contributed by atoms with Crippen LogP contribution in [0.25, 0.3) is 0 Å². The van der Waals surface area contributed by atoms with Gasteiger partial charge in [-0.25, -0.2) is 0 Å². The van der Waals surface area contributed by atoms with Gasteiger partial charge in [0.15, 0.2) is 0 Å². The van der Waals surface area contributed by atoms with Crippen molar-refractivity contribution in [2.45, 2.75) is 45.1 Å². The lowest BCUT2D eigenvalue weighted by molar-refractivity contribution is 0.0352. The molecule has 0 bridgehead atoms. The molecule has 0 spiro atoms. The molecule has 0 aliphatic rings. The number of nitrogens with one attached hydrogen (secondary N) is 1. The van der Waals surface area contributed by atoms with Crippen LogP contribution >= 0.6 is 0 Å².